The Morgan fingerprint density at radius 3 is 2.47 bits per heavy atom. The Labute approximate surface area is 215 Å². The van der Waals surface area contributed by atoms with Gasteiger partial charge in [0, 0.05) is 22.9 Å². The number of Topliss-reactive ketones (excluding diaryl/α,β-unsaturated/α-hetero) is 1. The molecule has 1 heterocycles. The number of hydrogen-bond donors (Lipinski definition) is 1. The molecule has 0 unspecified atom stereocenters. The summed E-state index contributed by atoms with van der Waals surface area (Å²) in [6.07, 6.45) is 5.63. The monoisotopic (exact) mass is 508 g/mol. The predicted octanol–water partition coefficient (Wildman–Crippen LogP) is 5.79. The van der Waals surface area contributed by atoms with Crippen LogP contribution in [0.25, 0.3) is 11.4 Å². The van der Waals surface area contributed by atoms with Gasteiger partial charge in [0.2, 0.25) is 5.91 Å². The van der Waals surface area contributed by atoms with Gasteiger partial charge in [-0.2, -0.15) is 0 Å². The number of amides is 1. The molecule has 2 aromatic carbocycles. The van der Waals surface area contributed by atoms with Gasteiger partial charge in [-0.15, -0.1) is 10.2 Å². The standard InChI is InChI=1S/C27H32N4O4S/c1-17(32)19-9-8-10-21(15-19)28-26(33)18(2)36-27-30-29-25(31(27)22-11-6-5-7-12-22)20-13-14-23(34-3)24(16-20)35-4/h8-10,13-16,18,22H,5-7,11-12H2,1-4H3,(H,28,33)/t18-/m1/s1. The largest absolute Gasteiger partial charge is 0.493 e. The van der Waals surface area contributed by atoms with Crippen LogP contribution in [0.3, 0.4) is 0 Å². The van der Waals surface area contributed by atoms with Crippen molar-refractivity contribution in [3.63, 3.8) is 0 Å². The fourth-order valence-corrected chi connectivity index (χ4v) is 5.39. The van der Waals surface area contributed by atoms with E-state index in [1.165, 1.54) is 25.1 Å². The van der Waals surface area contributed by atoms with E-state index in [2.05, 4.69) is 20.1 Å². The van der Waals surface area contributed by atoms with Gasteiger partial charge in [-0.3, -0.25) is 14.2 Å². The highest BCUT2D eigenvalue weighted by atomic mass is 32.2. The number of carbonyl (C=O) groups is 2. The third-order valence-electron chi connectivity index (χ3n) is 6.43. The number of rotatable bonds is 9. The zero-order valence-corrected chi connectivity index (χ0v) is 21.9. The first kappa shape index (κ1) is 25.8. The molecule has 1 aliphatic rings. The first-order valence-corrected chi connectivity index (χ1v) is 13.0. The van der Waals surface area contributed by atoms with Crippen LogP contribution in [0, 0.1) is 0 Å². The van der Waals surface area contributed by atoms with Crippen molar-refractivity contribution in [2.24, 2.45) is 0 Å². The Morgan fingerprint density at radius 2 is 1.78 bits per heavy atom. The van der Waals surface area contributed by atoms with Crippen molar-refractivity contribution < 1.29 is 19.1 Å². The number of nitrogens with zero attached hydrogens (tertiary/aromatic N) is 3. The summed E-state index contributed by atoms with van der Waals surface area (Å²) in [4.78, 5) is 24.7. The maximum Gasteiger partial charge on any atom is 0.237 e. The maximum absolute atomic E-state index is 13.0. The first-order chi connectivity index (χ1) is 17.4. The molecule has 4 rings (SSSR count). The van der Waals surface area contributed by atoms with E-state index in [-0.39, 0.29) is 17.7 Å². The number of ketones is 1. The Bertz CT molecular complexity index is 1240. The van der Waals surface area contributed by atoms with Crippen molar-refractivity contribution in [2.75, 3.05) is 19.5 Å². The number of methoxy groups -OCH3 is 2. The lowest BCUT2D eigenvalue weighted by atomic mass is 9.95. The minimum Gasteiger partial charge on any atom is -0.493 e. The van der Waals surface area contributed by atoms with Gasteiger partial charge in [0.1, 0.15) is 0 Å². The first-order valence-electron chi connectivity index (χ1n) is 12.2. The minimum absolute atomic E-state index is 0.0446. The van der Waals surface area contributed by atoms with E-state index in [4.69, 9.17) is 9.47 Å². The number of carbonyl (C=O) groups excluding carboxylic acids is 2. The van der Waals surface area contributed by atoms with E-state index in [1.807, 2.05) is 25.1 Å². The van der Waals surface area contributed by atoms with Crippen molar-refractivity contribution >= 4 is 29.1 Å². The normalized spacial score (nSPS) is 14.8. The molecular formula is C27H32N4O4S. The number of ether oxygens (including phenoxy) is 2. The topological polar surface area (TPSA) is 95.3 Å². The molecule has 0 saturated heterocycles. The van der Waals surface area contributed by atoms with Gasteiger partial charge in [-0.25, -0.2) is 0 Å². The SMILES string of the molecule is COc1ccc(-c2nnc(S[C@H](C)C(=O)Nc3cccc(C(C)=O)c3)n2C2CCCCC2)cc1OC. The van der Waals surface area contributed by atoms with Crippen molar-refractivity contribution in [1.29, 1.82) is 0 Å². The summed E-state index contributed by atoms with van der Waals surface area (Å²) < 4.78 is 13.1. The second-order valence-electron chi connectivity index (χ2n) is 8.92. The molecule has 1 aromatic heterocycles. The van der Waals surface area contributed by atoms with Gasteiger partial charge in [-0.1, -0.05) is 43.2 Å². The third kappa shape index (κ3) is 5.73. The smallest absolute Gasteiger partial charge is 0.237 e. The van der Waals surface area contributed by atoms with Gasteiger partial charge in [0.25, 0.3) is 0 Å². The van der Waals surface area contributed by atoms with Gasteiger partial charge < -0.3 is 14.8 Å². The molecule has 3 aromatic rings. The highest BCUT2D eigenvalue weighted by molar-refractivity contribution is 8.00. The Hall–Kier alpha value is -3.33. The van der Waals surface area contributed by atoms with Crippen LogP contribution in [-0.2, 0) is 4.79 Å². The average molecular weight is 509 g/mol. The van der Waals surface area contributed by atoms with Crippen molar-refractivity contribution in [3.8, 4) is 22.9 Å². The molecule has 0 aliphatic heterocycles. The molecule has 8 nitrogen and oxygen atoms in total. The summed E-state index contributed by atoms with van der Waals surface area (Å²) in [7, 11) is 3.22. The molecule has 1 aliphatic carbocycles. The van der Waals surface area contributed by atoms with Crippen LogP contribution in [-0.4, -0.2) is 45.9 Å². The van der Waals surface area contributed by atoms with Crippen LogP contribution in [0.5, 0.6) is 11.5 Å². The second kappa shape index (κ2) is 11.6. The van der Waals surface area contributed by atoms with Gasteiger partial charge in [0.05, 0.1) is 19.5 Å². The summed E-state index contributed by atoms with van der Waals surface area (Å²) in [6, 6.07) is 13.0. The summed E-state index contributed by atoms with van der Waals surface area (Å²) in [5.74, 6) is 1.83. The summed E-state index contributed by atoms with van der Waals surface area (Å²) in [6.45, 7) is 3.36. The summed E-state index contributed by atoms with van der Waals surface area (Å²) in [5, 5.41) is 12.3. The molecule has 190 valence electrons. The number of hydrogen-bond acceptors (Lipinski definition) is 7. The van der Waals surface area contributed by atoms with Crippen molar-refractivity contribution in [3.05, 3.63) is 48.0 Å². The fraction of sp³-hybridized carbons (Fsp3) is 0.407. The van der Waals surface area contributed by atoms with Crippen LogP contribution in [0.4, 0.5) is 5.69 Å². The Kier molecular flexibility index (Phi) is 8.30. The molecule has 0 spiro atoms. The van der Waals surface area contributed by atoms with Crippen LogP contribution in [0.2, 0.25) is 0 Å². The molecular weight excluding hydrogens is 476 g/mol. The molecule has 1 N–H and O–H groups in total. The zero-order chi connectivity index (χ0) is 25.7. The van der Waals surface area contributed by atoms with E-state index in [1.54, 1.807) is 38.5 Å². The van der Waals surface area contributed by atoms with Crippen LogP contribution >= 0.6 is 11.8 Å². The average Bonchev–Trinajstić information content (AvgIpc) is 3.32. The predicted molar refractivity (Wildman–Crippen MR) is 141 cm³/mol. The van der Waals surface area contributed by atoms with Gasteiger partial charge >= 0.3 is 0 Å². The Balaban J connectivity index is 1.60. The van der Waals surface area contributed by atoms with E-state index in [9.17, 15) is 9.59 Å². The van der Waals surface area contributed by atoms with Crippen LogP contribution in [0.15, 0.2) is 47.6 Å². The van der Waals surface area contributed by atoms with E-state index in [0.717, 1.165) is 37.1 Å². The molecule has 1 saturated carbocycles. The second-order valence-corrected chi connectivity index (χ2v) is 10.2. The van der Waals surface area contributed by atoms with E-state index >= 15 is 0 Å². The highest BCUT2D eigenvalue weighted by Crippen LogP contribution is 2.38. The van der Waals surface area contributed by atoms with Gasteiger partial charge in [0.15, 0.2) is 28.3 Å². The molecule has 1 atom stereocenters. The number of nitrogens with one attached hydrogen (secondary N) is 1. The summed E-state index contributed by atoms with van der Waals surface area (Å²) >= 11 is 1.39. The summed E-state index contributed by atoms with van der Waals surface area (Å²) in [5.41, 5.74) is 2.04. The van der Waals surface area contributed by atoms with Crippen molar-refractivity contribution in [1.82, 2.24) is 14.8 Å². The Morgan fingerprint density at radius 1 is 1.03 bits per heavy atom. The molecule has 9 heteroatoms. The lowest BCUT2D eigenvalue weighted by Gasteiger charge is -2.26. The third-order valence-corrected chi connectivity index (χ3v) is 7.49. The minimum atomic E-state index is -0.421. The van der Waals surface area contributed by atoms with E-state index in [0.29, 0.717) is 27.9 Å². The lowest BCUT2D eigenvalue weighted by Crippen LogP contribution is -2.23. The van der Waals surface area contributed by atoms with Gasteiger partial charge in [-0.05, 0) is 57.0 Å². The molecule has 1 fully saturated rings. The number of benzene rings is 2. The number of thioether (sulfide) groups is 1. The maximum atomic E-state index is 13.0. The number of anilines is 1. The lowest BCUT2D eigenvalue weighted by molar-refractivity contribution is -0.115. The van der Waals surface area contributed by atoms with Crippen LogP contribution < -0.4 is 14.8 Å². The molecule has 1 amide bonds. The van der Waals surface area contributed by atoms with Crippen molar-refractivity contribution in [2.45, 2.75) is 62.4 Å². The van der Waals surface area contributed by atoms with Crippen LogP contribution in [0.1, 0.15) is 62.4 Å². The number of aromatic nitrogens is 3. The highest BCUT2D eigenvalue weighted by Gasteiger charge is 2.27. The quantitative estimate of drug-likeness (QED) is 0.289. The van der Waals surface area contributed by atoms with E-state index < -0.39 is 5.25 Å². The molecule has 0 bridgehead atoms. The fourth-order valence-electron chi connectivity index (χ4n) is 4.47. The molecule has 36 heavy (non-hydrogen) atoms. The zero-order valence-electron chi connectivity index (χ0n) is 21.1. The molecule has 0 radical (unpaired) electrons.